The summed E-state index contributed by atoms with van der Waals surface area (Å²) in [6.45, 7) is 4.32. The van der Waals surface area contributed by atoms with Gasteiger partial charge in [-0.2, -0.15) is 0 Å². The first-order valence-corrected chi connectivity index (χ1v) is 6.77. The number of benzene rings is 1. The fourth-order valence-corrected chi connectivity index (χ4v) is 1.93. The van der Waals surface area contributed by atoms with Crippen molar-refractivity contribution in [1.82, 2.24) is 0 Å². The molecule has 0 aliphatic rings. The minimum atomic E-state index is 0.216. The topological polar surface area (TPSA) is 44.5 Å². The molecule has 1 aromatic carbocycles. The van der Waals surface area contributed by atoms with E-state index in [9.17, 15) is 0 Å². The van der Waals surface area contributed by atoms with E-state index in [4.69, 9.17) is 15.2 Å². The lowest BCUT2D eigenvalue weighted by atomic mass is 10.1. The van der Waals surface area contributed by atoms with Gasteiger partial charge in [-0.15, -0.1) is 0 Å². The van der Waals surface area contributed by atoms with E-state index in [-0.39, 0.29) is 6.10 Å². The van der Waals surface area contributed by atoms with Gasteiger partial charge < -0.3 is 15.2 Å². The molecule has 0 spiro atoms. The molecule has 1 unspecified atom stereocenters. The van der Waals surface area contributed by atoms with E-state index in [0.29, 0.717) is 5.69 Å². The number of rotatable bonds is 8. The Morgan fingerprint density at radius 1 is 1.11 bits per heavy atom. The van der Waals surface area contributed by atoms with Gasteiger partial charge in [-0.25, -0.2) is 0 Å². The van der Waals surface area contributed by atoms with Crippen LogP contribution in [0.4, 0.5) is 5.69 Å². The van der Waals surface area contributed by atoms with Crippen molar-refractivity contribution in [2.24, 2.45) is 0 Å². The van der Waals surface area contributed by atoms with Crippen LogP contribution in [0, 0.1) is 0 Å². The number of anilines is 1. The Kier molecular flexibility index (Phi) is 6.40. The second-order valence-electron chi connectivity index (χ2n) is 4.72. The van der Waals surface area contributed by atoms with E-state index in [1.54, 1.807) is 13.2 Å². The van der Waals surface area contributed by atoms with Crippen LogP contribution in [0.3, 0.4) is 0 Å². The zero-order chi connectivity index (χ0) is 13.4. The summed E-state index contributed by atoms with van der Waals surface area (Å²) in [5.74, 6) is 1.53. The monoisotopic (exact) mass is 251 g/mol. The Bertz CT molecular complexity index is 352. The van der Waals surface area contributed by atoms with Crippen molar-refractivity contribution in [3.8, 4) is 11.5 Å². The normalized spacial score (nSPS) is 12.2. The van der Waals surface area contributed by atoms with Crippen molar-refractivity contribution < 1.29 is 9.47 Å². The molecule has 0 heterocycles. The van der Waals surface area contributed by atoms with Gasteiger partial charge in [-0.3, -0.25) is 0 Å². The van der Waals surface area contributed by atoms with E-state index in [1.807, 2.05) is 12.1 Å². The molecule has 1 aromatic rings. The SMILES string of the molecule is CCCCCCC(C)Oc1cc(N)cc(OC)c1. The van der Waals surface area contributed by atoms with Crippen LogP contribution >= 0.6 is 0 Å². The molecule has 0 bridgehead atoms. The third-order valence-electron chi connectivity index (χ3n) is 2.94. The molecule has 0 aliphatic heterocycles. The first-order valence-electron chi connectivity index (χ1n) is 6.77. The number of nitrogen functional groups attached to an aromatic ring is 1. The van der Waals surface area contributed by atoms with E-state index < -0.39 is 0 Å². The predicted octanol–water partition coefficient (Wildman–Crippen LogP) is 4.02. The molecule has 0 aromatic heterocycles. The summed E-state index contributed by atoms with van der Waals surface area (Å²) in [5.41, 5.74) is 6.46. The standard InChI is InChI=1S/C15H25NO2/c1-4-5-6-7-8-12(2)18-15-10-13(16)9-14(11-15)17-3/h9-12H,4-8,16H2,1-3H3. The highest BCUT2D eigenvalue weighted by atomic mass is 16.5. The summed E-state index contributed by atoms with van der Waals surface area (Å²) in [6.07, 6.45) is 6.37. The highest BCUT2D eigenvalue weighted by Crippen LogP contribution is 2.25. The number of ether oxygens (including phenoxy) is 2. The van der Waals surface area contributed by atoms with E-state index in [0.717, 1.165) is 17.9 Å². The van der Waals surface area contributed by atoms with Crippen LogP contribution in [0.25, 0.3) is 0 Å². The van der Waals surface area contributed by atoms with Gasteiger partial charge in [-0.1, -0.05) is 26.2 Å². The van der Waals surface area contributed by atoms with Crippen LogP contribution in [-0.2, 0) is 0 Å². The van der Waals surface area contributed by atoms with Crippen LogP contribution < -0.4 is 15.2 Å². The van der Waals surface area contributed by atoms with Gasteiger partial charge >= 0.3 is 0 Å². The lowest BCUT2D eigenvalue weighted by Crippen LogP contribution is -2.11. The van der Waals surface area contributed by atoms with Crippen molar-refractivity contribution in [2.45, 2.75) is 52.1 Å². The average molecular weight is 251 g/mol. The van der Waals surface area contributed by atoms with Crippen LogP contribution in [-0.4, -0.2) is 13.2 Å². The Labute approximate surface area is 110 Å². The zero-order valence-corrected chi connectivity index (χ0v) is 11.7. The third kappa shape index (κ3) is 5.30. The molecule has 0 aliphatic carbocycles. The molecule has 0 radical (unpaired) electrons. The third-order valence-corrected chi connectivity index (χ3v) is 2.94. The Balaban J connectivity index is 2.43. The van der Waals surface area contributed by atoms with Crippen LogP contribution in [0.2, 0.25) is 0 Å². The molecule has 3 nitrogen and oxygen atoms in total. The van der Waals surface area contributed by atoms with Gasteiger partial charge in [0.1, 0.15) is 11.5 Å². The molecule has 102 valence electrons. The molecular formula is C15H25NO2. The second-order valence-corrected chi connectivity index (χ2v) is 4.72. The van der Waals surface area contributed by atoms with E-state index in [2.05, 4.69) is 13.8 Å². The summed E-state index contributed by atoms with van der Waals surface area (Å²) in [6, 6.07) is 5.50. The summed E-state index contributed by atoms with van der Waals surface area (Å²) in [7, 11) is 1.63. The summed E-state index contributed by atoms with van der Waals surface area (Å²) >= 11 is 0. The number of hydrogen-bond acceptors (Lipinski definition) is 3. The fourth-order valence-electron chi connectivity index (χ4n) is 1.93. The maximum atomic E-state index is 5.86. The number of nitrogens with two attached hydrogens (primary N) is 1. The van der Waals surface area contributed by atoms with Crippen LogP contribution in [0.15, 0.2) is 18.2 Å². The van der Waals surface area contributed by atoms with Gasteiger partial charge in [0, 0.05) is 23.9 Å². The maximum absolute atomic E-state index is 5.86. The molecule has 2 N–H and O–H groups in total. The number of hydrogen-bond donors (Lipinski definition) is 1. The minimum Gasteiger partial charge on any atom is -0.497 e. The summed E-state index contributed by atoms with van der Waals surface area (Å²) < 4.78 is 11.0. The van der Waals surface area contributed by atoms with Crippen molar-refractivity contribution in [2.75, 3.05) is 12.8 Å². The molecule has 0 saturated carbocycles. The minimum absolute atomic E-state index is 0.216. The summed E-state index contributed by atoms with van der Waals surface area (Å²) in [5, 5.41) is 0. The van der Waals surface area contributed by atoms with Crippen molar-refractivity contribution in [3.63, 3.8) is 0 Å². The second kappa shape index (κ2) is 7.85. The van der Waals surface area contributed by atoms with Crippen molar-refractivity contribution >= 4 is 5.69 Å². The highest BCUT2D eigenvalue weighted by Gasteiger charge is 2.06. The Hall–Kier alpha value is -1.38. The van der Waals surface area contributed by atoms with Crippen molar-refractivity contribution in [1.29, 1.82) is 0 Å². The van der Waals surface area contributed by atoms with Crippen molar-refractivity contribution in [3.05, 3.63) is 18.2 Å². The fraction of sp³-hybridized carbons (Fsp3) is 0.600. The lowest BCUT2D eigenvalue weighted by Gasteiger charge is -2.15. The van der Waals surface area contributed by atoms with Gasteiger partial charge in [0.15, 0.2) is 0 Å². The maximum Gasteiger partial charge on any atom is 0.125 e. The summed E-state index contributed by atoms with van der Waals surface area (Å²) in [4.78, 5) is 0. The number of methoxy groups -OCH3 is 1. The quantitative estimate of drug-likeness (QED) is 0.560. The smallest absolute Gasteiger partial charge is 0.125 e. The van der Waals surface area contributed by atoms with Crippen LogP contribution in [0.5, 0.6) is 11.5 Å². The average Bonchev–Trinajstić information content (AvgIpc) is 2.34. The first-order chi connectivity index (χ1) is 8.65. The molecule has 1 atom stereocenters. The van der Waals surface area contributed by atoms with Gasteiger partial charge in [-0.05, 0) is 19.8 Å². The van der Waals surface area contributed by atoms with Gasteiger partial charge in [0.25, 0.3) is 0 Å². The molecule has 1 rings (SSSR count). The number of unbranched alkanes of at least 4 members (excludes halogenated alkanes) is 3. The molecule has 3 heteroatoms. The van der Waals surface area contributed by atoms with Crippen LogP contribution in [0.1, 0.15) is 46.0 Å². The first kappa shape index (κ1) is 14.7. The molecule has 0 saturated heterocycles. The molecule has 18 heavy (non-hydrogen) atoms. The Morgan fingerprint density at radius 3 is 2.50 bits per heavy atom. The Morgan fingerprint density at radius 2 is 1.83 bits per heavy atom. The van der Waals surface area contributed by atoms with Gasteiger partial charge in [0.2, 0.25) is 0 Å². The molecule has 0 amide bonds. The van der Waals surface area contributed by atoms with E-state index in [1.165, 1.54) is 25.7 Å². The predicted molar refractivity (Wildman–Crippen MR) is 76.3 cm³/mol. The highest BCUT2D eigenvalue weighted by molar-refractivity contribution is 5.50. The van der Waals surface area contributed by atoms with Gasteiger partial charge in [0.05, 0.1) is 13.2 Å². The molecule has 0 fully saturated rings. The molecular weight excluding hydrogens is 226 g/mol. The lowest BCUT2D eigenvalue weighted by molar-refractivity contribution is 0.206. The van der Waals surface area contributed by atoms with E-state index >= 15 is 0 Å². The zero-order valence-electron chi connectivity index (χ0n) is 11.7. The largest absolute Gasteiger partial charge is 0.497 e.